The Morgan fingerprint density at radius 3 is 2.08 bits per heavy atom. The van der Waals surface area contributed by atoms with E-state index in [1.165, 1.54) is 19.1 Å². The van der Waals surface area contributed by atoms with Gasteiger partial charge in [0.15, 0.2) is 5.96 Å². The Kier molecular flexibility index (Phi) is 12.9. The van der Waals surface area contributed by atoms with Gasteiger partial charge >= 0.3 is 5.97 Å². The molecule has 1 aromatic carbocycles. The van der Waals surface area contributed by atoms with Crippen LogP contribution in [-0.4, -0.2) is 70.6 Å². The van der Waals surface area contributed by atoms with E-state index in [-0.39, 0.29) is 37.0 Å². The Morgan fingerprint density at radius 1 is 0.946 bits per heavy atom. The zero-order valence-electron chi connectivity index (χ0n) is 21.4. The Hall–Kier alpha value is -3.87. The van der Waals surface area contributed by atoms with E-state index in [9.17, 15) is 29.4 Å². The topological polar surface area (TPSA) is 235 Å². The summed E-state index contributed by atoms with van der Waals surface area (Å²) >= 11 is 0. The average molecular weight is 522 g/mol. The molecule has 1 aromatic rings. The van der Waals surface area contributed by atoms with Gasteiger partial charge in [0.25, 0.3) is 0 Å². The van der Waals surface area contributed by atoms with Crippen LogP contribution in [0.4, 0.5) is 0 Å². The fraction of sp³-hybridized carbons (Fsp3) is 0.542. The molecule has 0 saturated carbocycles. The van der Waals surface area contributed by atoms with Crippen LogP contribution in [0.2, 0.25) is 0 Å². The van der Waals surface area contributed by atoms with Crippen molar-refractivity contribution in [3.8, 4) is 5.75 Å². The summed E-state index contributed by atoms with van der Waals surface area (Å²) in [5.74, 6) is -3.33. The molecule has 0 heterocycles. The molecule has 11 N–H and O–H groups in total. The first-order valence-corrected chi connectivity index (χ1v) is 12.1. The largest absolute Gasteiger partial charge is 0.508 e. The number of rotatable bonds is 15. The molecule has 0 aliphatic rings. The average Bonchev–Trinajstić information content (AvgIpc) is 2.84. The molecule has 1 rings (SSSR count). The minimum atomic E-state index is -1.29. The molecule has 37 heavy (non-hydrogen) atoms. The van der Waals surface area contributed by atoms with Crippen LogP contribution in [-0.2, 0) is 25.6 Å². The van der Waals surface area contributed by atoms with Crippen molar-refractivity contribution in [1.82, 2.24) is 16.0 Å². The first kappa shape index (κ1) is 31.2. The van der Waals surface area contributed by atoms with Crippen molar-refractivity contribution in [2.24, 2.45) is 28.1 Å². The van der Waals surface area contributed by atoms with E-state index in [1.807, 2.05) is 13.8 Å². The quantitative estimate of drug-likeness (QED) is 0.0794. The number of aliphatic imine (C=N–C) groups is 1. The Balaban J connectivity index is 2.93. The number of carboxylic acid groups (broad SMARTS) is 1. The number of phenols is 1. The standard InChI is InChI=1S/C24H39N7O6/c1-4-13(2)19(25)22(35)29-14(3)20(33)30-17(6-5-11-28-24(26)27)21(34)31-18(23(36)37)12-15-7-9-16(32)10-8-15/h7-10,13-14,17-19,32H,4-6,11-12,25H2,1-3H3,(H,29,35)(H,30,33)(H,31,34)(H,36,37)(H4,26,27,28). The number of aliphatic carboxylic acids is 1. The Bertz CT molecular complexity index is 949. The molecule has 0 bridgehead atoms. The van der Waals surface area contributed by atoms with Crippen LogP contribution >= 0.6 is 0 Å². The summed E-state index contributed by atoms with van der Waals surface area (Å²) in [5, 5.41) is 26.6. The number of carbonyl (C=O) groups is 4. The molecule has 13 nitrogen and oxygen atoms in total. The highest BCUT2D eigenvalue weighted by molar-refractivity contribution is 5.94. The maximum Gasteiger partial charge on any atom is 0.326 e. The van der Waals surface area contributed by atoms with Crippen LogP contribution in [0.25, 0.3) is 0 Å². The van der Waals surface area contributed by atoms with Gasteiger partial charge in [0, 0.05) is 13.0 Å². The minimum absolute atomic E-state index is 0.0227. The van der Waals surface area contributed by atoms with Crippen molar-refractivity contribution in [2.45, 2.75) is 70.6 Å². The number of hydrogen-bond donors (Lipinski definition) is 8. The summed E-state index contributed by atoms with van der Waals surface area (Å²) in [5.41, 5.74) is 17.1. The lowest BCUT2D eigenvalue weighted by molar-refractivity contribution is -0.142. The van der Waals surface area contributed by atoms with Crippen molar-refractivity contribution >= 4 is 29.7 Å². The third-order valence-corrected chi connectivity index (χ3v) is 5.88. The van der Waals surface area contributed by atoms with E-state index in [0.717, 1.165) is 0 Å². The number of nitrogens with zero attached hydrogens (tertiary/aromatic N) is 1. The predicted molar refractivity (Wildman–Crippen MR) is 138 cm³/mol. The van der Waals surface area contributed by atoms with Crippen molar-refractivity contribution in [1.29, 1.82) is 0 Å². The lowest BCUT2D eigenvalue weighted by atomic mass is 9.99. The highest BCUT2D eigenvalue weighted by atomic mass is 16.4. The summed E-state index contributed by atoms with van der Waals surface area (Å²) in [6.07, 6.45) is 1.05. The molecular weight excluding hydrogens is 482 g/mol. The van der Waals surface area contributed by atoms with E-state index in [4.69, 9.17) is 17.2 Å². The number of guanidine groups is 1. The molecule has 0 radical (unpaired) electrons. The molecular formula is C24H39N7O6. The summed E-state index contributed by atoms with van der Waals surface area (Å²) in [6.45, 7) is 5.36. The second kappa shape index (κ2) is 15.3. The number of carbonyl (C=O) groups excluding carboxylic acids is 3. The third-order valence-electron chi connectivity index (χ3n) is 5.88. The van der Waals surface area contributed by atoms with Gasteiger partial charge in [0.1, 0.15) is 23.9 Å². The van der Waals surface area contributed by atoms with Gasteiger partial charge in [-0.2, -0.15) is 0 Å². The van der Waals surface area contributed by atoms with E-state index in [0.29, 0.717) is 18.4 Å². The summed E-state index contributed by atoms with van der Waals surface area (Å²) in [7, 11) is 0. The number of aromatic hydroxyl groups is 1. The van der Waals surface area contributed by atoms with Crippen molar-refractivity contribution in [3.05, 3.63) is 29.8 Å². The maximum absolute atomic E-state index is 13.0. The second-order valence-electron chi connectivity index (χ2n) is 8.92. The normalized spacial score (nSPS) is 14.8. The van der Waals surface area contributed by atoms with Crippen molar-refractivity contribution in [3.63, 3.8) is 0 Å². The fourth-order valence-electron chi connectivity index (χ4n) is 3.30. The second-order valence-corrected chi connectivity index (χ2v) is 8.92. The van der Waals surface area contributed by atoms with Gasteiger partial charge in [-0.3, -0.25) is 19.4 Å². The zero-order chi connectivity index (χ0) is 28.1. The van der Waals surface area contributed by atoms with E-state index in [1.54, 1.807) is 12.1 Å². The van der Waals surface area contributed by atoms with Crippen LogP contribution in [0.5, 0.6) is 5.75 Å². The van der Waals surface area contributed by atoms with Crippen LogP contribution in [0.15, 0.2) is 29.3 Å². The number of carboxylic acids is 1. The van der Waals surface area contributed by atoms with Gasteiger partial charge < -0.3 is 43.4 Å². The molecule has 13 heteroatoms. The molecule has 5 atom stereocenters. The molecule has 5 unspecified atom stereocenters. The lowest BCUT2D eigenvalue weighted by Crippen LogP contribution is -2.57. The van der Waals surface area contributed by atoms with Crippen LogP contribution in [0.1, 0.15) is 45.6 Å². The van der Waals surface area contributed by atoms with E-state index in [2.05, 4.69) is 20.9 Å². The van der Waals surface area contributed by atoms with Gasteiger partial charge in [-0.15, -0.1) is 0 Å². The fourth-order valence-corrected chi connectivity index (χ4v) is 3.30. The number of nitrogens with one attached hydrogen (secondary N) is 3. The first-order valence-electron chi connectivity index (χ1n) is 12.1. The molecule has 0 fully saturated rings. The predicted octanol–water partition coefficient (Wildman–Crippen LogP) is -1.08. The Labute approximate surface area is 216 Å². The Morgan fingerprint density at radius 2 is 1.54 bits per heavy atom. The van der Waals surface area contributed by atoms with Gasteiger partial charge in [0.2, 0.25) is 17.7 Å². The molecule has 206 valence electrons. The number of amides is 3. The SMILES string of the molecule is CCC(C)C(N)C(=O)NC(C)C(=O)NC(CCCN=C(N)N)C(=O)NC(Cc1ccc(O)cc1)C(=O)O. The lowest BCUT2D eigenvalue weighted by Gasteiger charge is -2.24. The molecule has 0 aromatic heterocycles. The number of phenolic OH excluding ortho intramolecular Hbond substituents is 1. The molecule has 0 aliphatic carbocycles. The van der Waals surface area contributed by atoms with Gasteiger partial charge in [-0.1, -0.05) is 32.4 Å². The van der Waals surface area contributed by atoms with Crippen molar-refractivity contribution in [2.75, 3.05) is 6.54 Å². The summed E-state index contributed by atoms with van der Waals surface area (Å²) < 4.78 is 0. The summed E-state index contributed by atoms with van der Waals surface area (Å²) in [4.78, 5) is 53.8. The van der Waals surface area contributed by atoms with Gasteiger partial charge in [-0.05, 0) is 43.4 Å². The van der Waals surface area contributed by atoms with Crippen LogP contribution in [0.3, 0.4) is 0 Å². The molecule has 3 amide bonds. The van der Waals surface area contributed by atoms with Crippen molar-refractivity contribution < 1.29 is 29.4 Å². The molecule has 0 saturated heterocycles. The molecule has 0 aliphatic heterocycles. The highest BCUT2D eigenvalue weighted by Gasteiger charge is 2.29. The maximum atomic E-state index is 13.0. The third kappa shape index (κ3) is 11.2. The molecule has 0 spiro atoms. The van der Waals surface area contributed by atoms with E-state index < -0.39 is 47.9 Å². The number of nitrogens with two attached hydrogens (primary N) is 3. The summed E-state index contributed by atoms with van der Waals surface area (Å²) in [6, 6.07) is 1.70. The first-order chi connectivity index (χ1) is 17.3. The van der Waals surface area contributed by atoms with Gasteiger partial charge in [0.05, 0.1) is 6.04 Å². The van der Waals surface area contributed by atoms with Gasteiger partial charge in [-0.25, -0.2) is 4.79 Å². The smallest absolute Gasteiger partial charge is 0.326 e. The highest BCUT2D eigenvalue weighted by Crippen LogP contribution is 2.12. The van der Waals surface area contributed by atoms with Crippen LogP contribution in [0, 0.1) is 5.92 Å². The van der Waals surface area contributed by atoms with E-state index >= 15 is 0 Å². The zero-order valence-corrected chi connectivity index (χ0v) is 21.4. The monoisotopic (exact) mass is 521 g/mol. The number of benzene rings is 1. The van der Waals surface area contributed by atoms with Crippen LogP contribution < -0.4 is 33.2 Å². The minimum Gasteiger partial charge on any atom is -0.508 e. The number of hydrogen-bond acceptors (Lipinski definition) is 7.